The summed E-state index contributed by atoms with van der Waals surface area (Å²) in [6.45, 7) is 5.15. The van der Waals surface area contributed by atoms with Crippen LogP contribution in [-0.2, 0) is 51.7 Å². The zero-order chi connectivity index (χ0) is 42.2. The van der Waals surface area contributed by atoms with Gasteiger partial charge in [0.15, 0.2) is 23.9 Å². The van der Waals surface area contributed by atoms with Gasteiger partial charge in [-0.25, -0.2) is 18.5 Å². The zero-order valence-corrected chi connectivity index (χ0v) is 34.7. The normalized spacial score (nSPS) is 20.6. The summed E-state index contributed by atoms with van der Waals surface area (Å²) in [6, 6.07) is 22.8. The molecule has 1 aliphatic rings. The van der Waals surface area contributed by atoms with Crippen LogP contribution in [0.3, 0.4) is 0 Å². The van der Waals surface area contributed by atoms with Crippen molar-refractivity contribution in [3.8, 4) is 5.75 Å². The lowest BCUT2D eigenvalue weighted by molar-refractivity contribution is -0.147. The van der Waals surface area contributed by atoms with Crippen LogP contribution in [0.25, 0.3) is 11.2 Å². The summed E-state index contributed by atoms with van der Waals surface area (Å²) >= 11 is 5.95. The smallest absolute Gasteiger partial charge is 0.460 e. The van der Waals surface area contributed by atoms with Crippen LogP contribution in [0.4, 0.5) is 10.2 Å². The van der Waals surface area contributed by atoms with Crippen LogP contribution in [0.2, 0.25) is 5.28 Å². The van der Waals surface area contributed by atoms with E-state index in [2.05, 4.69) is 24.9 Å². The first-order chi connectivity index (χ1) is 28.3. The number of likely N-dealkylation sites (N-methyl/N-ethyl adjacent to an activating group) is 1. The number of para-hydroxylation sites is 1. The Morgan fingerprint density at radius 2 is 1.69 bits per heavy atom. The predicted molar refractivity (Wildman–Crippen MR) is 216 cm³/mol. The number of benzene rings is 3. The summed E-state index contributed by atoms with van der Waals surface area (Å²) in [5.41, 5.74) is 7.87. The number of alkyl halides is 1. The quantitative estimate of drug-likeness (QED) is 0.0412. The van der Waals surface area contributed by atoms with Gasteiger partial charge >= 0.3 is 21.5 Å². The van der Waals surface area contributed by atoms with E-state index < -0.39 is 58.8 Å². The second kappa shape index (κ2) is 19.8. The molecule has 0 saturated carbocycles. The molecule has 5 N–H and O–H groups in total. The van der Waals surface area contributed by atoms with Crippen molar-refractivity contribution in [1.82, 2.24) is 29.5 Å². The van der Waals surface area contributed by atoms with E-state index in [0.29, 0.717) is 29.7 Å². The maximum atomic E-state index is 15.6. The fourth-order valence-electron chi connectivity index (χ4n) is 6.35. The Balaban J connectivity index is 1.25. The number of imidazole rings is 1. The van der Waals surface area contributed by atoms with Crippen molar-refractivity contribution in [2.75, 3.05) is 32.0 Å². The third-order valence-electron chi connectivity index (χ3n) is 9.49. The maximum absolute atomic E-state index is 15.6. The van der Waals surface area contributed by atoms with Crippen LogP contribution in [0, 0.1) is 0 Å². The van der Waals surface area contributed by atoms with Crippen molar-refractivity contribution in [3.63, 3.8) is 0 Å². The van der Waals surface area contributed by atoms with Gasteiger partial charge in [-0.2, -0.15) is 19.4 Å². The number of carbonyl (C=O) groups is 1. The maximum Gasteiger partial charge on any atom is 0.481 e. The number of nitrogens with one attached hydrogen (secondary N) is 1. The van der Waals surface area contributed by atoms with Gasteiger partial charge in [-0.3, -0.25) is 13.9 Å². The number of fused-ring (bicyclic) bond motifs is 1. The van der Waals surface area contributed by atoms with Crippen molar-refractivity contribution >= 4 is 50.1 Å². The molecule has 3 heterocycles. The minimum Gasteiger partial charge on any atom is -0.460 e. The van der Waals surface area contributed by atoms with Crippen molar-refractivity contribution in [1.29, 1.82) is 0 Å². The van der Waals surface area contributed by atoms with Crippen molar-refractivity contribution in [3.05, 3.63) is 113 Å². The average Bonchev–Trinajstić information content (AvgIpc) is 3.76. The predicted octanol–water partition coefficient (Wildman–Crippen LogP) is 5.81. The number of rotatable bonds is 20. The number of aliphatic hydroxyl groups excluding tert-OH is 1. The van der Waals surface area contributed by atoms with Gasteiger partial charge in [-0.15, -0.1) is 0 Å². The highest BCUT2D eigenvalue weighted by Crippen LogP contribution is 2.61. The van der Waals surface area contributed by atoms with Gasteiger partial charge in [0.2, 0.25) is 5.28 Å². The summed E-state index contributed by atoms with van der Waals surface area (Å²) in [5, 5.41) is 13.1. The monoisotopic (exact) mass is 875 g/mol. The summed E-state index contributed by atoms with van der Waals surface area (Å²) in [7, 11) is -10.6. The highest BCUT2D eigenvalue weighted by molar-refractivity contribution is 7.63. The molecule has 1 fully saturated rings. The van der Waals surface area contributed by atoms with E-state index in [9.17, 15) is 23.9 Å². The number of hydrogen-bond acceptors (Lipinski definition) is 14. The molecule has 3 aromatic carbocycles. The molecule has 5 aromatic rings. The van der Waals surface area contributed by atoms with Gasteiger partial charge in [-0.1, -0.05) is 92.7 Å². The molecule has 6 rings (SSSR count). The number of carbonyl (C=O) groups excluding carboxylic acids is 1. The van der Waals surface area contributed by atoms with E-state index in [1.807, 2.05) is 19.9 Å². The molecule has 1 aliphatic heterocycles. The first-order valence-corrected chi connectivity index (χ1v) is 22.1. The summed E-state index contributed by atoms with van der Waals surface area (Å²) in [6.07, 6.45) is -5.60. The SMILES string of the molecule is CCN(CC)CCc1ccccc1OP(=O)(N[C@@H](Cc1ccccc1)C(=O)OCc1ccccc1)OP(=O)(O)OC[C@H]1O[C@@H](n2cnc3c(N)nc(Cl)nc32)C(F)C1O. The standard InChI is InChI=1S/C38H45ClFN7O10P2/c1-3-46(4-2)20-19-27-17-11-12-18-29(27)56-58(50,45-28(21-25-13-7-5-8-14-25)37(49)53-22-26-15-9-6-10-16-26)57-59(51,52)54-23-30-33(48)31(40)36(55-30)47-24-42-32-34(41)43-38(39)44-35(32)47/h5-18,24,28,30-31,33,36,48H,3-4,19-23H2,1-2H3,(H,45,50)(H,51,52)(H2,41,43,44)/t28-,30+,31?,33?,36+,58?/m0/s1. The molecule has 0 amide bonds. The van der Waals surface area contributed by atoms with Crippen molar-refractivity contribution in [2.45, 2.75) is 63.9 Å². The average molecular weight is 876 g/mol. The van der Waals surface area contributed by atoms with Crippen LogP contribution in [0.1, 0.15) is 36.8 Å². The van der Waals surface area contributed by atoms with Gasteiger partial charge in [0, 0.05) is 6.54 Å². The van der Waals surface area contributed by atoms with E-state index in [-0.39, 0.29) is 41.0 Å². The van der Waals surface area contributed by atoms with E-state index in [4.69, 9.17) is 40.2 Å². The minimum atomic E-state index is -5.47. The van der Waals surface area contributed by atoms with Gasteiger partial charge in [0.25, 0.3) is 0 Å². The van der Waals surface area contributed by atoms with Gasteiger partial charge in [0.05, 0.1) is 12.9 Å². The van der Waals surface area contributed by atoms with E-state index >= 15 is 4.39 Å². The van der Waals surface area contributed by atoms with Crippen LogP contribution in [0.5, 0.6) is 5.75 Å². The molecule has 7 atom stereocenters. The topological polar surface area (TPSA) is 223 Å². The number of phosphoric acid groups is 1. The highest BCUT2D eigenvalue weighted by atomic mass is 35.5. The molecule has 0 bridgehead atoms. The molecule has 4 unspecified atom stereocenters. The molecular formula is C38H45ClFN7O10P2. The Bertz CT molecular complexity index is 2280. The van der Waals surface area contributed by atoms with Gasteiger partial charge in [-0.05, 0) is 60.3 Å². The zero-order valence-electron chi connectivity index (χ0n) is 32.1. The lowest BCUT2D eigenvalue weighted by Crippen LogP contribution is -2.39. The minimum absolute atomic E-state index is 0.00831. The first kappa shape index (κ1) is 44.2. The number of nitrogen functional groups attached to an aromatic ring is 1. The van der Waals surface area contributed by atoms with Crippen molar-refractivity contribution < 1.29 is 51.1 Å². The molecule has 59 heavy (non-hydrogen) atoms. The molecule has 0 radical (unpaired) electrons. The first-order valence-electron chi connectivity index (χ1n) is 18.7. The van der Waals surface area contributed by atoms with E-state index in [0.717, 1.165) is 24.0 Å². The molecular weight excluding hydrogens is 831 g/mol. The molecule has 2 aromatic heterocycles. The number of nitrogens with zero attached hydrogens (tertiary/aromatic N) is 5. The Kier molecular flexibility index (Phi) is 14.9. The summed E-state index contributed by atoms with van der Waals surface area (Å²) < 4.78 is 73.2. The number of esters is 1. The third-order valence-corrected chi connectivity index (χ3v) is 12.9. The number of ether oxygens (including phenoxy) is 2. The lowest BCUT2D eigenvalue weighted by Gasteiger charge is -2.27. The van der Waals surface area contributed by atoms with Crippen LogP contribution < -0.4 is 15.3 Å². The largest absolute Gasteiger partial charge is 0.481 e. The molecule has 21 heteroatoms. The fraction of sp³-hybridized carbons (Fsp3) is 0.368. The Hall–Kier alpha value is -4.32. The van der Waals surface area contributed by atoms with Gasteiger partial charge < -0.3 is 34.6 Å². The van der Waals surface area contributed by atoms with Crippen LogP contribution >= 0.6 is 27.2 Å². The number of halogens is 2. The molecule has 316 valence electrons. The van der Waals surface area contributed by atoms with Crippen LogP contribution in [0.15, 0.2) is 91.3 Å². The molecule has 1 saturated heterocycles. The number of nitrogens with two attached hydrogens (primary N) is 1. The Labute approximate surface area is 344 Å². The second-order valence-electron chi connectivity index (χ2n) is 13.5. The lowest BCUT2D eigenvalue weighted by atomic mass is 10.1. The van der Waals surface area contributed by atoms with Crippen molar-refractivity contribution in [2.24, 2.45) is 0 Å². The molecule has 0 spiro atoms. The molecule has 0 aliphatic carbocycles. The number of hydrogen-bond donors (Lipinski definition) is 4. The second-order valence-corrected chi connectivity index (χ2v) is 17.1. The summed E-state index contributed by atoms with van der Waals surface area (Å²) in [5.74, 6) is -0.897. The summed E-state index contributed by atoms with van der Waals surface area (Å²) in [4.78, 5) is 38.9. The van der Waals surface area contributed by atoms with E-state index in [1.54, 1.807) is 72.8 Å². The van der Waals surface area contributed by atoms with E-state index in [1.165, 1.54) is 6.07 Å². The highest BCUT2D eigenvalue weighted by Gasteiger charge is 2.48. The number of anilines is 1. The Morgan fingerprint density at radius 3 is 2.39 bits per heavy atom. The fourth-order valence-corrected chi connectivity index (χ4v) is 9.53. The van der Waals surface area contributed by atoms with Gasteiger partial charge in [0.1, 0.15) is 36.1 Å². The van der Waals surface area contributed by atoms with Crippen LogP contribution in [-0.4, -0.2) is 91.1 Å². The molecule has 17 nitrogen and oxygen atoms in total. The Morgan fingerprint density at radius 1 is 1.03 bits per heavy atom. The number of aliphatic hydroxyl groups is 1. The number of aromatic nitrogens is 4. The third kappa shape index (κ3) is 11.5. The number of phosphoric ester groups is 1.